The Morgan fingerprint density at radius 3 is 2.35 bits per heavy atom. The van der Waals surface area contributed by atoms with E-state index in [0.29, 0.717) is 17.9 Å². The first-order valence-corrected chi connectivity index (χ1v) is 6.84. The summed E-state index contributed by atoms with van der Waals surface area (Å²) in [4.78, 5) is 4.07. The summed E-state index contributed by atoms with van der Waals surface area (Å²) in [5, 5.41) is 0. The van der Waals surface area contributed by atoms with Gasteiger partial charge in [0.25, 0.3) is 0 Å². The van der Waals surface area contributed by atoms with Crippen LogP contribution in [0.15, 0.2) is 24.5 Å². The van der Waals surface area contributed by atoms with E-state index in [-0.39, 0.29) is 0 Å². The zero-order valence-electron chi connectivity index (χ0n) is 11.0. The highest BCUT2D eigenvalue weighted by atomic mass is 14.7. The van der Waals surface area contributed by atoms with E-state index in [1.165, 1.54) is 31.2 Å². The normalized spacial score (nSPS) is 28.6. The summed E-state index contributed by atoms with van der Waals surface area (Å²) >= 11 is 0. The van der Waals surface area contributed by atoms with Crippen LogP contribution < -0.4 is 5.73 Å². The third-order valence-electron chi connectivity index (χ3n) is 4.41. The second kappa shape index (κ2) is 5.63. The minimum atomic E-state index is 0.296. The van der Waals surface area contributed by atoms with Gasteiger partial charge in [0.15, 0.2) is 0 Å². The number of aromatic nitrogens is 1. The average Bonchev–Trinajstić information content (AvgIpc) is 2.39. The minimum absolute atomic E-state index is 0.296. The van der Waals surface area contributed by atoms with Gasteiger partial charge < -0.3 is 5.73 Å². The monoisotopic (exact) mass is 232 g/mol. The van der Waals surface area contributed by atoms with E-state index in [2.05, 4.69) is 31.0 Å². The summed E-state index contributed by atoms with van der Waals surface area (Å²) in [6.45, 7) is 4.60. The largest absolute Gasteiger partial charge is 0.327 e. The first-order chi connectivity index (χ1) is 8.18. The van der Waals surface area contributed by atoms with Crippen LogP contribution in [0.25, 0.3) is 0 Å². The van der Waals surface area contributed by atoms with Gasteiger partial charge in [0.1, 0.15) is 0 Å². The second-order valence-electron chi connectivity index (χ2n) is 5.67. The van der Waals surface area contributed by atoms with Crippen LogP contribution >= 0.6 is 0 Å². The number of hydrogen-bond acceptors (Lipinski definition) is 2. The average molecular weight is 232 g/mol. The van der Waals surface area contributed by atoms with E-state index in [4.69, 9.17) is 5.73 Å². The molecule has 2 nitrogen and oxygen atoms in total. The highest BCUT2D eigenvalue weighted by Crippen LogP contribution is 2.34. The van der Waals surface area contributed by atoms with Crippen LogP contribution in [-0.2, 0) is 0 Å². The zero-order chi connectivity index (χ0) is 12.3. The van der Waals surface area contributed by atoms with Crippen molar-refractivity contribution >= 4 is 0 Å². The highest BCUT2D eigenvalue weighted by Gasteiger charge is 2.27. The molecular weight excluding hydrogens is 208 g/mol. The van der Waals surface area contributed by atoms with Gasteiger partial charge in [-0.15, -0.1) is 0 Å². The van der Waals surface area contributed by atoms with Crippen molar-refractivity contribution in [3.05, 3.63) is 30.1 Å². The fourth-order valence-corrected chi connectivity index (χ4v) is 2.97. The number of nitrogens with zero attached hydrogens (tertiary/aromatic N) is 1. The summed E-state index contributed by atoms with van der Waals surface area (Å²) in [5.74, 6) is 2.04. The minimum Gasteiger partial charge on any atom is -0.327 e. The van der Waals surface area contributed by atoms with Crippen LogP contribution in [0.1, 0.15) is 51.0 Å². The van der Waals surface area contributed by atoms with Gasteiger partial charge in [-0.2, -0.15) is 0 Å². The Hall–Kier alpha value is -0.890. The first-order valence-electron chi connectivity index (χ1n) is 6.84. The van der Waals surface area contributed by atoms with Crippen molar-refractivity contribution in [3.8, 4) is 0 Å². The molecule has 1 aliphatic rings. The maximum absolute atomic E-state index is 6.45. The van der Waals surface area contributed by atoms with E-state index in [9.17, 15) is 0 Å². The fourth-order valence-electron chi connectivity index (χ4n) is 2.97. The maximum atomic E-state index is 6.45. The van der Waals surface area contributed by atoms with Gasteiger partial charge in [0.2, 0.25) is 0 Å². The Balaban J connectivity index is 1.98. The molecule has 0 bridgehead atoms. The molecule has 1 aromatic rings. The first kappa shape index (κ1) is 12.6. The molecule has 0 spiro atoms. The SMILES string of the molecule is CC1CCC(C(N)C(C)c2ccncc2)CC1. The molecule has 0 radical (unpaired) electrons. The third kappa shape index (κ3) is 3.06. The fraction of sp³-hybridized carbons (Fsp3) is 0.667. The summed E-state index contributed by atoms with van der Waals surface area (Å²) in [5.41, 5.74) is 7.77. The van der Waals surface area contributed by atoms with Crippen molar-refractivity contribution in [2.75, 3.05) is 0 Å². The number of hydrogen-bond donors (Lipinski definition) is 1. The number of rotatable bonds is 3. The molecule has 1 aliphatic carbocycles. The second-order valence-corrected chi connectivity index (χ2v) is 5.67. The maximum Gasteiger partial charge on any atom is 0.0270 e. The predicted octanol–water partition coefficient (Wildman–Crippen LogP) is 3.34. The van der Waals surface area contributed by atoms with Crippen LogP contribution in [0.5, 0.6) is 0 Å². The van der Waals surface area contributed by atoms with Gasteiger partial charge in [-0.1, -0.05) is 26.7 Å². The molecule has 2 atom stereocenters. The molecular formula is C15H24N2. The lowest BCUT2D eigenvalue weighted by atomic mass is 9.75. The summed E-state index contributed by atoms with van der Waals surface area (Å²) in [6, 6.07) is 4.48. The summed E-state index contributed by atoms with van der Waals surface area (Å²) < 4.78 is 0. The van der Waals surface area contributed by atoms with Gasteiger partial charge in [-0.05, 0) is 48.3 Å². The lowest BCUT2D eigenvalue weighted by Gasteiger charge is -2.34. The van der Waals surface area contributed by atoms with Crippen molar-refractivity contribution in [2.45, 2.75) is 51.5 Å². The molecule has 1 heterocycles. The number of nitrogens with two attached hydrogens (primary N) is 1. The van der Waals surface area contributed by atoms with Crippen LogP contribution in [-0.4, -0.2) is 11.0 Å². The van der Waals surface area contributed by atoms with Crippen molar-refractivity contribution in [2.24, 2.45) is 17.6 Å². The van der Waals surface area contributed by atoms with Crippen molar-refractivity contribution in [1.82, 2.24) is 4.98 Å². The molecule has 2 rings (SSSR count). The molecule has 1 fully saturated rings. The smallest absolute Gasteiger partial charge is 0.0270 e. The standard InChI is InChI=1S/C15H24N2/c1-11-3-5-14(6-4-11)15(16)12(2)13-7-9-17-10-8-13/h7-12,14-15H,3-6,16H2,1-2H3. The topological polar surface area (TPSA) is 38.9 Å². The van der Waals surface area contributed by atoms with Gasteiger partial charge in [-0.25, -0.2) is 0 Å². The molecule has 2 N–H and O–H groups in total. The van der Waals surface area contributed by atoms with Gasteiger partial charge >= 0.3 is 0 Å². The molecule has 0 saturated heterocycles. The molecule has 17 heavy (non-hydrogen) atoms. The number of pyridine rings is 1. The van der Waals surface area contributed by atoms with Crippen LogP contribution in [0.2, 0.25) is 0 Å². The van der Waals surface area contributed by atoms with Crippen molar-refractivity contribution in [3.63, 3.8) is 0 Å². The van der Waals surface area contributed by atoms with Crippen LogP contribution in [0.3, 0.4) is 0 Å². The van der Waals surface area contributed by atoms with Crippen molar-refractivity contribution in [1.29, 1.82) is 0 Å². The van der Waals surface area contributed by atoms with E-state index in [1.54, 1.807) is 0 Å². The molecule has 94 valence electrons. The Labute approximate surface area is 105 Å². The van der Waals surface area contributed by atoms with E-state index >= 15 is 0 Å². The Morgan fingerprint density at radius 1 is 1.18 bits per heavy atom. The quantitative estimate of drug-likeness (QED) is 0.868. The van der Waals surface area contributed by atoms with Gasteiger partial charge in [0.05, 0.1) is 0 Å². The molecule has 2 unspecified atom stereocenters. The molecule has 0 aliphatic heterocycles. The summed E-state index contributed by atoms with van der Waals surface area (Å²) in [6.07, 6.45) is 9.03. The lowest BCUT2D eigenvalue weighted by Crippen LogP contribution is -2.37. The van der Waals surface area contributed by atoms with Crippen LogP contribution in [0.4, 0.5) is 0 Å². The Kier molecular flexibility index (Phi) is 4.16. The van der Waals surface area contributed by atoms with E-state index < -0.39 is 0 Å². The van der Waals surface area contributed by atoms with E-state index in [1.807, 2.05) is 12.4 Å². The Bertz CT molecular complexity index is 328. The van der Waals surface area contributed by atoms with Gasteiger partial charge in [-0.3, -0.25) is 4.98 Å². The van der Waals surface area contributed by atoms with Gasteiger partial charge in [0, 0.05) is 18.4 Å². The molecule has 0 amide bonds. The molecule has 0 aromatic carbocycles. The summed E-state index contributed by atoms with van der Waals surface area (Å²) in [7, 11) is 0. The lowest BCUT2D eigenvalue weighted by molar-refractivity contribution is 0.240. The van der Waals surface area contributed by atoms with Crippen molar-refractivity contribution < 1.29 is 0 Å². The highest BCUT2D eigenvalue weighted by molar-refractivity contribution is 5.17. The van der Waals surface area contributed by atoms with E-state index in [0.717, 1.165) is 5.92 Å². The zero-order valence-corrected chi connectivity index (χ0v) is 11.0. The molecule has 2 heteroatoms. The van der Waals surface area contributed by atoms with Crippen LogP contribution in [0, 0.1) is 11.8 Å². The molecule has 1 aromatic heterocycles. The Morgan fingerprint density at radius 2 is 1.76 bits per heavy atom. The molecule has 1 saturated carbocycles. The predicted molar refractivity (Wildman–Crippen MR) is 71.7 cm³/mol. The third-order valence-corrected chi connectivity index (χ3v) is 4.41.